The highest BCUT2D eigenvalue weighted by Crippen LogP contribution is 2.22. The third-order valence-electron chi connectivity index (χ3n) is 3.40. The zero-order chi connectivity index (χ0) is 13.5. The Balaban J connectivity index is 2.92. The molecule has 0 unspecified atom stereocenters. The van der Waals surface area contributed by atoms with Crippen LogP contribution in [0.4, 0.5) is 5.69 Å². The number of hydrogen-bond acceptors (Lipinski definition) is 2. The van der Waals surface area contributed by atoms with Gasteiger partial charge in [0.25, 0.3) is 0 Å². The second kappa shape index (κ2) is 7.42. The molecule has 1 aromatic rings. The average molecular weight is 249 g/mol. The summed E-state index contributed by atoms with van der Waals surface area (Å²) in [4.78, 5) is 2.51. The van der Waals surface area contributed by atoms with Crippen LogP contribution >= 0.6 is 0 Å². The van der Waals surface area contributed by atoms with Crippen molar-refractivity contribution in [2.45, 2.75) is 53.2 Å². The summed E-state index contributed by atoms with van der Waals surface area (Å²) in [6.07, 6.45) is 2.34. The second-order valence-electron chi connectivity index (χ2n) is 5.34. The van der Waals surface area contributed by atoms with Gasteiger partial charge in [0.2, 0.25) is 0 Å². The molecular formula is C16H27NO. The number of anilines is 1. The summed E-state index contributed by atoms with van der Waals surface area (Å²) in [6.45, 7) is 10.2. The smallest absolute Gasteiger partial charge is 0.0681 e. The lowest BCUT2D eigenvalue weighted by Gasteiger charge is -2.34. The Kier molecular flexibility index (Phi) is 6.20. The maximum absolute atomic E-state index is 9.10. The van der Waals surface area contributed by atoms with Gasteiger partial charge in [0.05, 0.1) is 6.61 Å². The third-order valence-corrected chi connectivity index (χ3v) is 3.40. The molecular weight excluding hydrogens is 222 g/mol. The summed E-state index contributed by atoms with van der Waals surface area (Å²) in [5.74, 6) is 0.656. The Labute approximate surface area is 112 Å². The van der Waals surface area contributed by atoms with Crippen LogP contribution in [-0.4, -0.2) is 17.7 Å². The van der Waals surface area contributed by atoms with E-state index in [9.17, 15) is 0 Å². The van der Waals surface area contributed by atoms with Crippen molar-refractivity contribution >= 4 is 5.69 Å². The summed E-state index contributed by atoms with van der Waals surface area (Å²) < 4.78 is 0. The Bertz CT molecular complexity index is 327. The highest BCUT2D eigenvalue weighted by Gasteiger charge is 2.16. The average Bonchev–Trinajstić information content (AvgIpc) is 2.38. The molecule has 0 aliphatic carbocycles. The molecule has 0 fully saturated rings. The summed E-state index contributed by atoms with van der Waals surface area (Å²) in [5.41, 5.74) is 2.25. The maximum atomic E-state index is 9.10. The van der Waals surface area contributed by atoms with Gasteiger partial charge in [-0.15, -0.1) is 0 Å². The lowest BCUT2D eigenvalue weighted by Crippen LogP contribution is -2.37. The number of aliphatic hydroxyl groups excluding tert-OH is 1. The normalized spacial score (nSPS) is 11.3. The number of rotatable bonds is 7. The number of aliphatic hydroxyl groups is 1. The van der Waals surface area contributed by atoms with Gasteiger partial charge in [-0.1, -0.05) is 39.8 Å². The van der Waals surface area contributed by atoms with Crippen LogP contribution in [0.2, 0.25) is 0 Å². The first kappa shape index (κ1) is 15.0. The molecule has 0 bridgehead atoms. The molecule has 2 heteroatoms. The molecule has 1 rings (SSSR count). The van der Waals surface area contributed by atoms with Crippen molar-refractivity contribution in [1.29, 1.82) is 0 Å². The summed E-state index contributed by atoms with van der Waals surface area (Å²) in [7, 11) is 0. The highest BCUT2D eigenvalue weighted by molar-refractivity contribution is 5.48. The zero-order valence-electron chi connectivity index (χ0n) is 12.2. The number of hydrogen-bond donors (Lipinski definition) is 1. The van der Waals surface area contributed by atoms with Crippen LogP contribution in [0, 0.1) is 5.92 Å². The molecule has 0 atom stereocenters. The first-order valence-electron chi connectivity index (χ1n) is 7.08. The van der Waals surface area contributed by atoms with Crippen molar-refractivity contribution in [3.63, 3.8) is 0 Å². The summed E-state index contributed by atoms with van der Waals surface area (Å²) >= 11 is 0. The quantitative estimate of drug-likeness (QED) is 0.794. The van der Waals surface area contributed by atoms with Crippen molar-refractivity contribution in [3.8, 4) is 0 Å². The fourth-order valence-corrected chi connectivity index (χ4v) is 2.38. The Morgan fingerprint density at radius 3 is 2.00 bits per heavy atom. The lowest BCUT2D eigenvalue weighted by atomic mass is 10.1. The van der Waals surface area contributed by atoms with Crippen molar-refractivity contribution in [3.05, 3.63) is 29.8 Å². The Morgan fingerprint density at radius 1 is 1.06 bits per heavy atom. The fourth-order valence-electron chi connectivity index (χ4n) is 2.38. The van der Waals surface area contributed by atoms with Crippen LogP contribution in [-0.2, 0) is 6.61 Å². The van der Waals surface area contributed by atoms with Gasteiger partial charge in [0.15, 0.2) is 0 Å². The SMILES string of the molecule is CCC(CC)N(CC(C)C)c1ccc(CO)cc1. The van der Waals surface area contributed by atoms with Gasteiger partial charge in [-0.05, 0) is 36.5 Å². The predicted molar refractivity (Wildman–Crippen MR) is 78.9 cm³/mol. The van der Waals surface area contributed by atoms with Gasteiger partial charge in [-0.3, -0.25) is 0 Å². The lowest BCUT2D eigenvalue weighted by molar-refractivity contribution is 0.282. The minimum Gasteiger partial charge on any atom is -0.392 e. The second-order valence-corrected chi connectivity index (χ2v) is 5.34. The standard InChI is InChI=1S/C16H27NO/c1-5-15(6-2)17(11-13(3)4)16-9-7-14(12-18)8-10-16/h7-10,13,15,18H,5-6,11-12H2,1-4H3. The molecule has 102 valence electrons. The van der Waals surface area contributed by atoms with Crippen LogP contribution in [0.3, 0.4) is 0 Å². The van der Waals surface area contributed by atoms with E-state index in [0.717, 1.165) is 12.1 Å². The van der Waals surface area contributed by atoms with Crippen molar-refractivity contribution in [1.82, 2.24) is 0 Å². The topological polar surface area (TPSA) is 23.5 Å². The molecule has 0 aliphatic rings. The van der Waals surface area contributed by atoms with Crippen LogP contribution in [0.15, 0.2) is 24.3 Å². The van der Waals surface area contributed by atoms with E-state index in [1.807, 2.05) is 12.1 Å². The van der Waals surface area contributed by atoms with E-state index in [2.05, 4.69) is 44.7 Å². The molecule has 0 saturated heterocycles. The van der Waals surface area contributed by atoms with Gasteiger partial charge in [-0.25, -0.2) is 0 Å². The van der Waals surface area contributed by atoms with E-state index in [4.69, 9.17) is 5.11 Å². The monoisotopic (exact) mass is 249 g/mol. The molecule has 1 aromatic carbocycles. The first-order chi connectivity index (χ1) is 8.62. The van der Waals surface area contributed by atoms with Gasteiger partial charge in [0.1, 0.15) is 0 Å². The largest absolute Gasteiger partial charge is 0.392 e. The minimum absolute atomic E-state index is 0.120. The third kappa shape index (κ3) is 4.02. The van der Waals surface area contributed by atoms with Gasteiger partial charge < -0.3 is 10.0 Å². The van der Waals surface area contributed by atoms with E-state index in [-0.39, 0.29) is 6.61 Å². The number of benzene rings is 1. The molecule has 0 saturated carbocycles. The minimum atomic E-state index is 0.120. The molecule has 18 heavy (non-hydrogen) atoms. The molecule has 0 radical (unpaired) electrons. The predicted octanol–water partition coefficient (Wildman–Crippen LogP) is 3.83. The molecule has 0 spiro atoms. The summed E-state index contributed by atoms with van der Waals surface area (Å²) in [6, 6.07) is 8.90. The van der Waals surface area contributed by atoms with E-state index in [1.165, 1.54) is 18.5 Å². The zero-order valence-corrected chi connectivity index (χ0v) is 12.2. The molecule has 2 nitrogen and oxygen atoms in total. The Hall–Kier alpha value is -1.02. The van der Waals surface area contributed by atoms with Crippen LogP contribution in [0.5, 0.6) is 0 Å². The number of nitrogens with zero attached hydrogens (tertiary/aromatic N) is 1. The Morgan fingerprint density at radius 2 is 1.61 bits per heavy atom. The molecule has 0 aromatic heterocycles. The van der Waals surface area contributed by atoms with Gasteiger partial charge >= 0.3 is 0 Å². The maximum Gasteiger partial charge on any atom is 0.0681 e. The van der Waals surface area contributed by atoms with Crippen LogP contribution in [0.25, 0.3) is 0 Å². The summed E-state index contributed by atoms with van der Waals surface area (Å²) in [5, 5.41) is 9.10. The van der Waals surface area contributed by atoms with Gasteiger partial charge in [-0.2, -0.15) is 0 Å². The molecule has 1 N–H and O–H groups in total. The first-order valence-corrected chi connectivity index (χ1v) is 7.08. The van der Waals surface area contributed by atoms with Crippen LogP contribution < -0.4 is 4.90 Å². The molecule has 0 aliphatic heterocycles. The van der Waals surface area contributed by atoms with E-state index >= 15 is 0 Å². The van der Waals surface area contributed by atoms with E-state index in [1.54, 1.807) is 0 Å². The van der Waals surface area contributed by atoms with Crippen molar-refractivity contribution in [2.24, 2.45) is 5.92 Å². The van der Waals surface area contributed by atoms with E-state index in [0.29, 0.717) is 12.0 Å². The molecule has 0 amide bonds. The van der Waals surface area contributed by atoms with E-state index < -0.39 is 0 Å². The van der Waals surface area contributed by atoms with Crippen molar-refractivity contribution < 1.29 is 5.11 Å². The molecule has 0 heterocycles. The fraction of sp³-hybridized carbons (Fsp3) is 0.625. The van der Waals surface area contributed by atoms with Gasteiger partial charge in [0, 0.05) is 18.3 Å². The van der Waals surface area contributed by atoms with Crippen LogP contribution in [0.1, 0.15) is 46.1 Å². The van der Waals surface area contributed by atoms with Crippen molar-refractivity contribution in [2.75, 3.05) is 11.4 Å². The highest BCUT2D eigenvalue weighted by atomic mass is 16.3.